The molecule has 0 aromatic carbocycles. The van der Waals surface area contributed by atoms with Gasteiger partial charge in [-0.2, -0.15) is 0 Å². The number of aliphatic hydroxyl groups is 3. The molecule has 4 bridgehead atoms. The van der Waals surface area contributed by atoms with E-state index in [1.54, 1.807) is 13.8 Å². The third-order valence-electron chi connectivity index (χ3n) is 34.6. The predicted molar refractivity (Wildman–Crippen MR) is 646 cm³/mol. The van der Waals surface area contributed by atoms with Gasteiger partial charge < -0.3 is 64.4 Å². The molecule has 13 rings (SSSR count). The van der Waals surface area contributed by atoms with Crippen LogP contribution in [0.3, 0.4) is 0 Å². The van der Waals surface area contributed by atoms with Crippen molar-refractivity contribution in [3.8, 4) is 0 Å². The largest absolute Gasteiger partial charge is 0.481 e. The lowest BCUT2D eigenvalue weighted by molar-refractivity contribution is -0.185. The molecule has 20 nitrogen and oxygen atoms in total. The van der Waals surface area contributed by atoms with E-state index in [2.05, 4.69) is 130 Å². The Morgan fingerprint density at radius 3 is 0.691 bits per heavy atom. The predicted octanol–water partition coefficient (Wildman–Crippen LogP) is 36.5. The van der Waals surface area contributed by atoms with Crippen LogP contribution in [0.2, 0.25) is 0 Å². The number of esters is 3. The summed E-state index contributed by atoms with van der Waals surface area (Å²) in [6.45, 7) is 53.9. The molecule has 0 spiro atoms. The summed E-state index contributed by atoms with van der Waals surface area (Å²) in [6, 6.07) is 0. The fourth-order valence-corrected chi connectivity index (χ4v) is 25.7. The van der Waals surface area contributed by atoms with Gasteiger partial charge in [-0.1, -0.05) is 355 Å². The summed E-state index contributed by atoms with van der Waals surface area (Å²) in [4.78, 5) is 79.9. The van der Waals surface area contributed by atoms with Crippen LogP contribution in [0, 0.1) is 195 Å². The topological polar surface area (TPSA) is 308 Å². The second-order valence-corrected chi connectivity index (χ2v) is 46.3. The van der Waals surface area contributed by atoms with Crippen LogP contribution in [-0.2, 0) is 62.0 Å². The second kappa shape index (κ2) is 90.9. The summed E-state index contributed by atoms with van der Waals surface area (Å²) < 4.78 is 31.9. The molecule has 1 amide bonds. The van der Waals surface area contributed by atoms with Gasteiger partial charge in [-0.05, 0) is 330 Å². The van der Waals surface area contributed by atoms with E-state index in [-0.39, 0.29) is 224 Å². The molecule has 908 valence electrons. The molecule has 149 heavy (non-hydrogen) atoms. The summed E-state index contributed by atoms with van der Waals surface area (Å²) >= 11 is 0. The van der Waals surface area contributed by atoms with Gasteiger partial charge in [0, 0.05) is 38.7 Å². The van der Waals surface area contributed by atoms with Crippen LogP contribution < -0.4 is 5.32 Å². The van der Waals surface area contributed by atoms with E-state index in [1.165, 1.54) is 89.9 Å². The van der Waals surface area contributed by atoms with Crippen molar-refractivity contribution in [2.24, 2.45) is 195 Å². The maximum absolute atomic E-state index is 12.1. The Bertz CT molecular complexity index is 3000. The third kappa shape index (κ3) is 59.5. The zero-order valence-corrected chi connectivity index (χ0v) is 87.6. The van der Waals surface area contributed by atoms with Crippen molar-refractivity contribution in [2.45, 2.75) is 568 Å². The lowest BCUT2D eigenvalue weighted by Crippen LogP contribution is -2.36. The maximum atomic E-state index is 12.1. The van der Waals surface area contributed by atoms with Gasteiger partial charge in [-0.25, -0.2) is 0 Å². The van der Waals surface area contributed by atoms with E-state index in [0.717, 1.165) is 207 Å². The van der Waals surface area contributed by atoms with E-state index < -0.39 is 30.5 Å². The quantitative estimate of drug-likeness (QED) is 0.0217. The van der Waals surface area contributed by atoms with Crippen molar-refractivity contribution in [3.63, 3.8) is 0 Å². The molecule has 0 aliphatic heterocycles. The number of nitrogens with one attached hydrogen (secondary N) is 1. The Labute approximate surface area is 931 Å². The van der Waals surface area contributed by atoms with Crippen LogP contribution in [0.4, 0.5) is 0 Å². The fourth-order valence-electron chi connectivity index (χ4n) is 25.7. The van der Waals surface area contributed by atoms with Crippen LogP contribution in [0.25, 0.3) is 0 Å². The van der Waals surface area contributed by atoms with Crippen molar-refractivity contribution in [1.82, 2.24) is 5.32 Å². The molecule has 0 heterocycles. The molecule has 13 aliphatic carbocycles. The molecule has 0 radical (unpaired) electrons. The summed E-state index contributed by atoms with van der Waals surface area (Å²) in [7, 11) is 0. The molecule has 13 saturated carbocycles. The summed E-state index contributed by atoms with van der Waals surface area (Å²) in [5.41, 5.74) is 0. The van der Waals surface area contributed by atoms with Crippen LogP contribution in [0.15, 0.2) is 0 Å². The highest BCUT2D eigenvalue weighted by Gasteiger charge is 2.57. The lowest BCUT2D eigenvalue weighted by atomic mass is 9.76. The number of carbonyl (C=O) groups is 7. The molecule has 29 atom stereocenters. The third-order valence-corrected chi connectivity index (χ3v) is 34.6. The molecular formula is C129H273NO19. The van der Waals surface area contributed by atoms with Crippen molar-refractivity contribution in [1.29, 1.82) is 0 Å². The first kappa shape index (κ1) is 175. The number of aliphatic carboxylic acids is 3. The zero-order valence-electron chi connectivity index (χ0n) is 87.6. The average Bonchev–Trinajstić information content (AvgIpc) is 1.59. The van der Waals surface area contributed by atoms with E-state index >= 15 is 0 Å². The monoisotopic (exact) mass is 2140 g/mol. The molecule has 0 aromatic rings. The standard InChI is InChI=1S/C15H28O3.2C14H26O3.2C13H22O.C12H23NO2.3C10H18O2.18CH4/c1-5-14(17-6-2)18-15(16)13-9-7-8-12(10-13)11(3)4;2*1-5-16-11(4)17-14(15)13-8-6-7-12(9-13)10(2)3;2*1-7(2)8-3-10-9-5-12(11(10)4-8)13(14)6-9;1-9(2)10-4-3-5-11(8-10)12(15)13-6-7-14;3*1-7(2)8-4-3-5-9(6-8)10(11)12;;;;;;;;;;;;;;;;;;/h11-14H,5-10H2,1-4H3;2*10-13H,5-9H2,1-4H3;2*7-14H,3-6H2,1-2H3;9-11,14H,3-8H2,1-2H3,(H,13,15);3*7-9H,3-6H2,1-2H3,(H,11,12);18*1H4. The molecule has 0 saturated heterocycles. The Kier molecular flexibility index (Phi) is 107. The van der Waals surface area contributed by atoms with Gasteiger partial charge in [0.1, 0.15) is 0 Å². The van der Waals surface area contributed by atoms with Gasteiger partial charge in [0.2, 0.25) is 12.2 Å². The smallest absolute Gasteiger partial charge is 0.311 e. The molecule has 7 N–H and O–H groups in total. The number of ether oxygens (including phenoxy) is 6. The number of fused-ring (bicyclic) bond motifs is 10. The van der Waals surface area contributed by atoms with E-state index in [9.17, 15) is 43.8 Å². The SMILES string of the molecule is C.C.C.C.C.C.C.C.C.C.C.C.C.C.C.C.C.C.CC(C)C1CC2C3CC(O)C(C3)C2C1.CC(C)C1CC2C3CC(O)C(C3)C2C1.CC(C)C1CCCC(C(=O)NCCO)C1.CC(C)C1CCCC(C(=O)O)C1.CC(C)C1CCCC(C(=O)O)C1.CC(C)C1CCCC(C(=O)O)C1.CCOC(C)OC(=O)C1CCCC(C(C)C)C1.CCOC(C)OC(=O)C1CCCC(C(C)C)C1.CCOC(CC)OC(=O)C1CCCC(C(C)C)C1. The Hall–Kier alpha value is -3.95. The molecule has 20 heteroatoms. The van der Waals surface area contributed by atoms with Crippen molar-refractivity contribution in [3.05, 3.63) is 0 Å². The van der Waals surface area contributed by atoms with Gasteiger partial charge in [-0.15, -0.1) is 0 Å². The number of carbonyl (C=O) groups excluding carboxylic acids is 4. The summed E-state index contributed by atoms with van der Waals surface area (Å²) in [5, 5.41) is 57.7. The van der Waals surface area contributed by atoms with Gasteiger partial charge in [0.15, 0.2) is 12.6 Å². The number of hydrogen-bond acceptors (Lipinski definition) is 16. The minimum absolute atomic E-state index is 0. The first-order chi connectivity index (χ1) is 62.0. The molecule has 0 aromatic heterocycles. The van der Waals surface area contributed by atoms with Gasteiger partial charge in [0.05, 0.1) is 54.3 Å². The maximum Gasteiger partial charge on any atom is 0.311 e. The van der Waals surface area contributed by atoms with Crippen LogP contribution in [-0.4, -0.2) is 136 Å². The number of carboxylic acid groups (broad SMARTS) is 3. The second-order valence-electron chi connectivity index (χ2n) is 46.3. The normalized spacial score (nSPS) is 29.8. The van der Waals surface area contributed by atoms with Crippen molar-refractivity contribution in [2.75, 3.05) is 33.0 Å². The van der Waals surface area contributed by atoms with E-state index in [4.69, 9.17) is 48.8 Å². The molecule has 29 unspecified atom stereocenters. The Morgan fingerprint density at radius 2 is 0.470 bits per heavy atom. The lowest BCUT2D eigenvalue weighted by Gasteiger charge is -2.31. The Balaban J connectivity index is -0.000000113. The minimum Gasteiger partial charge on any atom is -0.481 e. The summed E-state index contributed by atoms with van der Waals surface area (Å²) in [6.07, 6.45) is 40.2. The van der Waals surface area contributed by atoms with Crippen LogP contribution in [0.5, 0.6) is 0 Å². The molecular weight excluding hydrogens is 1870 g/mol. The molecule has 13 fully saturated rings. The average molecular weight is 2140 g/mol. The van der Waals surface area contributed by atoms with Crippen LogP contribution >= 0.6 is 0 Å². The van der Waals surface area contributed by atoms with Gasteiger partial charge >= 0.3 is 35.8 Å². The van der Waals surface area contributed by atoms with Crippen molar-refractivity contribution >= 4 is 41.7 Å². The van der Waals surface area contributed by atoms with E-state index in [1.807, 2.05) is 27.7 Å². The fraction of sp³-hybridized carbons (Fsp3) is 0.946. The zero-order chi connectivity index (χ0) is 97.6. The highest BCUT2D eigenvalue weighted by Crippen LogP contribution is 2.62. The van der Waals surface area contributed by atoms with Gasteiger partial charge in [0.25, 0.3) is 0 Å². The number of hydrogen-bond donors (Lipinski definition) is 7. The first-order valence-electron chi connectivity index (χ1n) is 54.4. The number of aliphatic hydroxyl groups excluding tert-OH is 3. The Morgan fingerprint density at radius 1 is 0.255 bits per heavy atom. The van der Waals surface area contributed by atoms with Crippen LogP contribution in [0.1, 0.15) is 537 Å². The highest BCUT2D eigenvalue weighted by atomic mass is 16.7. The van der Waals surface area contributed by atoms with E-state index in [0.29, 0.717) is 121 Å². The minimum atomic E-state index is -0.597. The molecule has 13 aliphatic rings. The number of amides is 1. The highest BCUT2D eigenvalue weighted by molar-refractivity contribution is 5.78. The summed E-state index contributed by atoms with van der Waals surface area (Å²) in [5.74, 6) is 18.2. The van der Waals surface area contributed by atoms with Gasteiger partial charge in [-0.3, -0.25) is 33.6 Å². The number of carboxylic acids is 3. The van der Waals surface area contributed by atoms with Crippen molar-refractivity contribution < 1.29 is 92.6 Å². The first-order valence-corrected chi connectivity index (χ1v) is 54.4. The number of rotatable bonds is 28.